The van der Waals surface area contributed by atoms with Crippen molar-refractivity contribution >= 4 is 23.8 Å². The van der Waals surface area contributed by atoms with Crippen molar-refractivity contribution in [2.24, 2.45) is 0 Å². The van der Waals surface area contributed by atoms with Gasteiger partial charge >= 0.3 is 12.1 Å². The summed E-state index contributed by atoms with van der Waals surface area (Å²) in [5, 5.41) is 23.7. The normalized spacial score (nSPS) is 12.3. The summed E-state index contributed by atoms with van der Waals surface area (Å²) in [6, 6.07) is 17.0. The van der Waals surface area contributed by atoms with Crippen LogP contribution in [0.3, 0.4) is 0 Å². The van der Waals surface area contributed by atoms with Crippen molar-refractivity contribution in [1.29, 1.82) is 0 Å². The first-order chi connectivity index (χ1) is 15.8. The van der Waals surface area contributed by atoms with E-state index in [0.29, 0.717) is 6.42 Å². The number of hydrogen-bond donors (Lipinski definition) is 4. The number of alkyl carbamates (subject to hydrolysis) is 1. The molecule has 4 N–H and O–H groups in total. The van der Waals surface area contributed by atoms with E-state index in [4.69, 9.17) is 9.84 Å². The maximum atomic E-state index is 12.5. The van der Waals surface area contributed by atoms with Gasteiger partial charge in [0.1, 0.15) is 18.8 Å². The highest BCUT2D eigenvalue weighted by atomic mass is 16.5. The standard InChI is InChI=1S/C24H28N2O7/c27-20(13-11-17-7-3-1-4-8-17)21(28)15-25-23(31)19(12-14-22(29)30)26-24(32)33-16-18-9-5-2-6-10-18/h1-10,19-20,27H,11-16H2,(H,25,31)(H,26,32)(H,29,30)/t19-,20?/m0/s1. The minimum Gasteiger partial charge on any atom is -0.481 e. The summed E-state index contributed by atoms with van der Waals surface area (Å²) in [6.07, 6.45) is -2.01. The molecule has 2 amide bonds. The number of rotatable bonds is 13. The number of Topliss-reactive ketones (excluding diaryl/α,β-unsaturated/α-hetero) is 1. The lowest BCUT2D eigenvalue weighted by Gasteiger charge is -2.18. The molecule has 0 fully saturated rings. The van der Waals surface area contributed by atoms with Crippen LogP contribution in [0.2, 0.25) is 0 Å². The minimum atomic E-state index is -1.26. The Labute approximate surface area is 191 Å². The Kier molecular flexibility index (Phi) is 10.6. The second kappa shape index (κ2) is 13.6. The van der Waals surface area contributed by atoms with Crippen molar-refractivity contribution in [3.8, 4) is 0 Å². The number of aliphatic hydroxyl groups excluding tert-OH is 1. The SMILES string of the molecule is O=C(O)CC[C@H](NC(=O)OCc1ccccc1)C(=O)NCC(=O)C(O)CCc1ccccc1. The largest absolute Gasteiger partial charge is 0.481 e. The maximum absolute atomic E-state index is 12.5. The van der Waals surface area contributed by atoms with Crippen LogP contribution in [-0.4, -0.2) is 52.7 Å². The van der Waals surface area contributed by atoms with Crippen molar-refractivity contribution in [3.63, 3.8) is 0 Å². The number of benzene rings is 2. The number of amides is 2. The number of carbonyl (C=O) groups excluding carboxylic acids is 3. The molecule has 2 aromatic carbocycles. The first kappa shape index (κ1) is 25.5. The number of aliphatic carboxylic acids is 1. The van der Waals surface area contributed by atoms with Gasteiger partial charge in [-0.3, -0.25) is 14.4 Å². The number of aryl methyl sites for hydroxylation is 1. The molecular weight excluding hydrogens is 428 g/mol. The van der Waals surface area contributed by atoms with Crippen molar-refractivity contribution in [1.82, 2.24) is 10.6 Å². The molecule has 2 rings (SSSR count). The molecule has 2 aromatic rings. The third-order valence-electron chi connectivity index (χ3n) is 4.83. The van der Waals surface area contributed by atoms with E-state index in [9.17, 15) is 24.3 Å². The molecule has 0 aliphatic rings. The molecule has 0 radical (unpaired) electrons. The van der Waals surface area contributed by atoms with E-state index in [1.54, 1.807) is 24.3 Å². The van der Waals surface area contributed by atoms with Crippen molar-refractivity contribution in [3.05, 3.63) is 71.8 Å². The van der Waals surface area contributed by atoms with Crippen LogP contribution < -0.4 is 10.6 Å². The van der Waals surface area contributed by atoms with Gasteiger partial charge in [0, 0.05) is 6.42 Å². The van der Waals surface area contributed by atoms with E-state index in [2.05, 4.69) is 10.6 Å². The zero-order valence-corrected chi connectivity index (χ0v) is 18.1. The quantitative estimate of drug-likeness (QED) is 0.360. The van der Waals surface area contributed by atoms with Crippen LogP contribution in [0.25, 0.3) is 0 Å². The summed E-state index contributed by atoms with van der Waals surface area (Å²) >= 11 is 0. The third-order valence-corrected chi connectivity index (χ3v) is 4.83. The van der Waals surface area contributed by atoms with Gasteiger partial charge in [-0.1, -0.05) is 60.7 Å². The van der Waals surface area contributed by atoms with E-state index in [0.717, 1.165) is 11.1 Å². The molecule has 33 heavy (non-hydrogen) atoms. The molecule has 176 valence electrons. The fourth-order valence-electron chi connectivity index (χ4n) is 2.97. The number of carboxylic acid groups (broad SMARTS) is 1. The molecule has 0 saturated heterocycles. The first-order valence-electron chi connectivity index (χ1n) is 10.6. The molecule has 9 heteroatoms. The zero-order chi connectivity index (χ0) is 24.1. The highest BCUT2D eigenvalue weighted by Gasteiger charge is 2.24. The van der Waals surface area contributed by atoms with Gasteiger partial charge in [0.25, 0.3) is 0 Å². The van der Waals surface area contributed by atoms with E-state index < -0.39 is 42.4 Å². The van der Waals surface area contributed by atoms with Crippen LogP contribution in [0.15, 0.2) is 60.7 Å². The Morgan fingerprint density at radius 1 is 0.879 bits per heavy atom. The minimum absolute atomic E-state index is 0.0218. The molecule has 2 atom stereocenters. The summed E-state index contributed by atoms with van der Waals surface area (Å²) in [5.41, 5.74) is 1.72. The Balaban J connectivity index is 1.82. The number of ketones is 1. The lowest BCUT2D eigenvalue weighted by atomic mass is 10.0. The number of carbonyl (C=O) groups is 4. The third kappa shape index (κ3) is 9.96. The van der Waals surface area contributed by atoms with Crippen molar-refractivity contribution in [2.75, 3.05) is 6.54 Å². The Morgan fingerprint density at radius 2 is 1.48 bits per heavy atom. The Hall–Kier alpha value is -3.72. The number of ether oxygens (including phenoxy) is 1. The van der Waals surface area contributed by atoms with Crippen LogP contribution in [0, 0.1) is 0 Å². The van der Waals surface area contributed by atoms with E-state index in [1.807, 2.05) is 36.4 Å². The number of carboxylic acids is 1. The molecule has 1 unspecified atom stereocenters. The van der Waals surface area contributed by atoms with Crippen LogP contribution in [0.1, 0.15) is 30.4 Å². The molecule has 0 aromatic heterocycles. The van der Waals surface area contributed by atoms with Crippen LogP contribution >= 0.6 is 0 Å². The second-order valence-electron chi connectivity index (χ2n) is 7.42. The molecule has 0 aliphatic heterocycles. The smallest absolute Gasteiger partial charge is 0.408 e. The van der Waals surface area contributed by atoms with Crippen LogP contribution in [0.5, 0.6) is 0 Å². The van der Waals surface area contributed by atoms with Gasteiger partial charge in [-0.25, -0.2) is 4.79 Å². The summed E-state index contributed by atoms with van der Waals surface area (Å²) in [7, 11) is 0. The van der Waals surface area contributed by atoms with Crippen LogP contribution in [-0.2, 0) is 32.1 Å². The average molecular weight is 456 g/mol. The summed E-state index contributed by atoms with van der Waals surface area (Å²) in [6.45, 7) is -0.467. The zero-order valence-electron chi connectivity index (χ0n) is 18.1. The van der Waals surface area contributed by atoms with Gasteiger partial charge in [0.05, 0.1) is 6.54 Å². The first-order valence-corrected chi connectivity index (χ1v) is 10.6. The molecule has 0 heterocycles. The lowest BCUT2D eigenvalue weighted by Crippen LogP contribution is -2.49. The molecule has 9 nitrogen and oxygen atoms in total. The van der Waals surface area contributed by atoms with Gasteiger partial charge in [-0.15, -0.1) is 0 Å². The highest BCUT2D eigenvalue weighted by Crippen LogP contribution is 2.06. The van der Waals surface area contributed by atoms with E-state index in [1.165, 1.54) is 0 Å². The highest BCUT2D eigenvalue weighted by molar-refractivity contribution is 5.91. The fraction of sp³-hybridized carbons (Fsp3) is 0.333. The van der Waals surface area contributed by atoms with Gasteiger partial charge in [-0.05, 0) is 30.4 Å². The Morgan fingerprint density at radius 3 is 2.09 bits per heavy atom. The summed E-state index contributed by atoms with van der Waals surface area (Å²) in [4.78, 5) is 47.6. The maximum Gasteiger partial charge on any atom is 0.408 e. The molecule has 0 spiro atoms. The van der Waals surface area contributed by atoms with Gasteiger partial charge in [-0.2, -0.15) is 0 Å². The van der Waals surface area contributed by atoms with Gasteiger partial charge < -0.3 is 25.6 Å². The van der Waals surface area contributed by atoms with Crippen molar-refractivity contribution < 1.29 is 34.1 Å². The van der Waals surface area contributed by atoms with E-state index in [-0.39, 0.29) is 25.9 Å². The molecule has 0 bridgehead atoms. The monoisotopic (exact) mass is 456 g/mol. The van der Waals surface area contributed by atoms with Gasteiger partial charge in [0.15, 0.2) is 5.78 Å². The topological polar surface area (TPSA) is 142 Å². The summed E-state index contributed by atoms with van der Waals surface area (Å²) < 4.78 is 5.07. The van der Waals surface area contributed by atoms with Crippen LogP contribution in [0.4, 0.5) is 4.79 Å². The van der Waals surface area contributed by atoms with E-state index >= 15 is 0 Å². The molecule has 0 aliphatic carbocycles. The number of hydrogen-bond acceptors (Lipinski definition) is 6. The number of aliphatic hydroxyl groups is 1. The molecule has 0 saturated carbocycles. The Bertz CT molecular complexity index is 919. The van der Waals surface area contributed by atoms with Gasteiger partial charge in [0.2, 0.25) is 5.91 Å². The predicted molar refractivity (Wildman–Crippen MR) is 119 cm³/mol. The average Bonchev–Trinajstić information content (AvgIpc) is 2.83. The predicted octanol–water partition coefficient (Wildman–Crippen LogP) is 1.83. The lowest BCUT2D eigenvalue weighted by molar-refractivity contribution is -0.137. The number of nitrogens with one attached hydrogen (secondary N) is 2. The summed E-state index contributed by atoms with van der Waals surface area (Å²) in [5.74, 6) is -2.46. The van der Waals surface area contributed by atoms with Crippen molar-refractivity contribution in [2.45, 2.75) is 44.4 Å². The second-order valence-corrected chi connectivity index (χ2v) is 7.42. The fourth-order valence-corrected chi connectivity index (χ4v) is 2.97. The molecular formula is C24H28N2O7.